The van der Waals surface area contributed by atoms with Gasteiger partial charge in [-0.2, -0.15) is 0 Å². The molecule has 2 aromatic carbocycles. The van der Waals surface area contributed by atoms with Crippen molar-refractivity contribution in [3.8, 4) is 5.69 Å². The van der Waals surface area contributed by atoms with Crippen molar-refractivity contribution in [1.82, 2.24) is 9.55 Å². The van der Waals surface area contributed by atoms with Crippen LogP contribution in [-0.2, 0) is 0 Å². The van der Waals surface area contributed by atoms with Crippen LogP contribution < -0.4 is 16.4 Å². The summed E-state index contributed by atoms with van der Waals surface area (Å²) in [5.41, 5.74) is 9.78. The molecular formula is C19H19N5O2. The number of rotatable bonds is 4. The number of nitrogens with two attached hydrogens (primary N) is 1. The van der Waals surface area contributed by atoms with Crippen molar-refractivity contribution in [3.05, 3.63) is 71.8 Å². The molecule has 1 aromatic heterocycles. The Morgan fingerprint density at radius 3 is 2.04 bits per heavy atom. The van der Waals surface area contributed by atoms with Gasteiger partial charge in [0.15, 0.2) is 0 Å². The SMILES string of the molecule is Cc1ncn(-c2ccc(NC(=O)c3ccc(NC(N)=O)cc3)cc2)c1C. The van der Waals surface area contributed by atoms with Gasteiger partial charge < -0.3 is 20.9 Å². The Hall–Kier alpha value is -3.61. The zero-order chi connectivity index (χ0) is 18.7. The normalized spacial score (nSPS) is 10.4. The van der Waals surface area contributed by atoms with Gasteiger partial charge in [-0.3, -0.25) is 4.79 Å². The molecule has 0 aliphatic heterocycles. The number of hydrogen-bond donors (Lipinski definition) is 3. The van der Waals surface area contributed by atoms with Crippen LogP contribution in [0.25, 0.3) is 5.69 Å². The van der Waals surface area contributed by atoms with Crippen LogP contribution in [0, 0.1) is 13.8 Å². The first-order valence-corrected chi connectivity index (χ1v) is 8.03. The Balaban J connectivity index is 1.69. The van der Waals surface area contributed by atoms with Gasteiger partial charge in [0.2, 0.25) is 0 Å². The number of benzene rings is 2. The molecule has 132 valence electrons. The highest BCUT2D eigenvalue weighted by molar-refractivity contribution is 6.04. The summed E-state index contributed by atoms with van der Waals surface area (Å²) in [7, 11) is 0. The Labute approximate surface area is 150 Å². The number of hydrogen-bond acceptors (Lipinski definition) is 3. The summed E-state index contributed by atoms with van der Waals surface area (Å²) >= 11 is 0. The molecule has 3 aromatic rings. The highest BCUT2D eigenvalue weighted by Gasteiger charge is 2.08. The van der Waals surface area contributed by atoms with E-state index in [1.54, 1.807) is 30.6 Å². The van der Waals surface area contributed by atoms with Crippen molar-refractivity contribution in [3.63, 3.8) is 0 Å². The smallest absolute Gasteiger partial charge is 0.316 e. The van der Waals surface area contributed by atoms with E-state index in [9.17, 15) is 9.59 Å². The van der Waals surface area contributed by atoms with Crippen molar-refractivity contribution >= 4 is 23.3 Å². The van der Waals surface area contributed by atoms with Crippen LogP contribution in [0.1, 0.15) is 21.7 Å². The van der Waals surface area contributed by atoms with Crippen LogP contribution in [0.3, 0.4) is 0 Å². The molecular weight excluding hydrogens is 330 g/mol. The number of nitrogens with zero attached hydrogens (tertiary/aromatic N) is 2. The van der Waals surface area contributed by atoms with Crippen LogP contribution in [0.15, 0.2) is 54.9 Å². The van der Waals surface area contributed by atoms with E-state index in [-0.39, 0.29) is 5.91 Å². The number of aryl methyl sites for hydroxylation is 1. The maximum absolute atomic E-state index is 12.3. The molecule has 0 saturated heterocycles. The summed E-state index contributed by atoms with van der Waals surface area (Å²) in [4.78, 5) is 27.4. The first-order valence-electron chi connectivity index (χ1n) is 8.03. The summed E-state index contributed by atoms with van der Waals surface area (Å²) < 4.78 is 1.99. The second-order valence-corrected chi connectivity index (χ2v) is 5.85. The van der Waals surface area contributed by atoms with Crippen molar-refractivity contribution in [2.24, 2.45) is 5.73 Å². The minimum absolute atomic E-state index is 0.238. The number of aromatic nitrogens is 2. The van der Waals surface area contributed by atoms with Crippen LogP contribution in [-0.4, -0.2) is 21.5 Å². The lowest BCUT2D eigenvalue weighted by atomic mass is 10.2. The number of amides is 3. The molecule has 4 N–H and O–H groups in total. The predicted molar refractivity (Wildman–Crippen MR) is 101 cm³/mol. The van der Waals surface area contributed by atoms with E-state index in [1.165, 1.54) is 0 Å². The molecule has 0 fully saturated rings. The number of imidazole rings is 1. The molecule has 3 rings (SSSR count). The number of anilines is 2. The average Bonchev–Trinajstić information content (AvgIpc) is 2.95. The topological polar surface area (TPSA) is 102 Å². The Bertz CT molecular complexity index is 943. The minimum Gasteiger partial charge on any atom is -0.351 e. The Kier molecular flexibility index (Phi) is 4.70. The molecule has 0 atom stereocenters. The van der Waals surface area contributed by atoms with Crippen molar-refractivity contribution < 1.29 is 9.59 Å². The molecule has 0 aliphatic carbocycles. The van der Waals surface area contributed by atoms with Gasteiger partial charge in [0.25, 0.3) is 5.91 Å². The number of carbonyl (C=O) groups is 2. The third kappa shape index (κ3) is 3.72. The van der Waals surface area contributed by atoms with Crippen LogP contribution in [0.2, 0.25) is 0 Å². The van der Waals surface area contributed by atoms with Gasteiger partial charge in [-0.25, -0.2) is 9.78 Å². The molecule has 0 unspecified atom stereocenters. The minimum atomic E-state index is -0.648. The van der Waals surface area contributed by atoms with E-state index in [0.29, 0.717) is 16.9 Å². The lowest BCUT2D eigenvalue weighted by molar-refractivity contribution is 0.102. The van der Waals surface area contributed by atoms with Gasteiger partial charge in [0.1, 0.15) is 0 Å². The lowest BCUT2D eigenvalue weighted by Gasteiger charge is -2.09. The second kappa shape index (κ2) is 7.10. The Morgan fingerprint density at radius 1 is 0.923 bits per heavy atom. The number of carbonyl (C=O) groups excluding carboxylic acids is 2. The molecule has 0 spiro atoms. The van der Waals surface area contributed by atoms with E-state index in [2.05, 4.69) is 15.6 Å². The predicted octanol–water partition coefficient (Wildman–Crippen LogP) is 3.23. The molecule has 0 radical (unpaired) electrons. The van der Waals surface area contributed by atoms with Gasteiger partial charge in [-0.05, 0) is 62.4 Å². The van der Waals surface area contributed by atoms with Gasteiger partial charge in [0, 0.05) is 28.3 Å². The van der Waals surface area contributed by atoms with E-state index < -0.39 is 6.03 Å². The van der Waals surface area contributed by atoms with Crippen molar-refractivity contribution in [1.29, 1.82) is 0 Å². The first-order chi connectivity index (χ1) is 12.4. The molecule has 7 nitrogen and oxygen atoms in total. The molecule has 0 aliphatic rings. The zero-order valence-corrected chi connectivity index (χ0v) is 14.5. The third-order valence-corrected chi connectivity index (χ3v) is 4.07. The molecule has 3 amide bonds. The Morgan fingerprint density at radius 2 is 1.50 bits per heavy atom. The fraction of sp³-hybridized carbons (Fsp3) is 0.105. The van der Waals surface area contributed by atoms with E-state index >= 15 is 0 Å². The summed E-state index contributed by atoms with van der Waals surface area (Å²) in [6.45, 7) is 3.97. The summed E-state index contributed by atoms with van der Waals surface area (Å²) in [6.07, 6.45) is 1.78. The first kappa shape index (κ1) is 17.2. The quantitative estimate of drug-likeness (QED) is 0.674. The molecule has 0 bridgehead atoms. The molecule has 0 saturated carbocycles. The fourth-order valence-electron chi connectivity index (χ4n) is 2.51. The van der Waals surface area contributed by atoms with Crippen LogP contribution in [0.4, 0.5) is 16.2 Å². The summed E-state index contributed by atoms with van der Waals surface area (Å²) in [6, 6.07) is 13.3. The van der Waals surface area contributed by atoms with Crippen molar-refractivity contribution in [2.45, 2.75) is 13.8 Å². The monoisotopic (exact) mass is 349 g/mol. The summed E-state index contributed by atoms with van der Waals surface area (Å²) in [5, 5.41) is 5.29. The number of primary amides is 1. The number of nitrogens with one attached hydrogen (secondary N) is 2. The van der Waals surface area contributed by atoms with Gasteiger partial charge in [0.05, 0.1) is 12.0 Å². The molecule has 7 heteroatoms. The molecule has 1 heterocycles. The second-order valence-electron chi connectivity index (χ2n) is 5.85. The van der Waals surface area contributed by atoms with Crippen LogP contribution >= 0.6 is 0 Å². The average molecular weight is 349 g/mol. The van der Waals surface area contributed by atoms with Gasteiger partial charge >= 0.3 is 6.03 Å². The van der Waals surface area contributed by atoms with Crippen LogP contribution in [0.5, 0.6) is 0 Å². The molecule has 26 heavy (non-hydrogen) atoms. The van der Waals surface area contributed by atoms with E-state index in [1.807, 2.05) is 42.7 Å². The fourth-order valence-corrected chi connectivity index (χ4v) is 2.51. The standard InChI is InChI=1S/C19H19N5O2/c1-12-13(2)24(11-21-12)17-9-7-15(8-10-17)22-18(25)14-3-5-16(6-4-14)23-19(20)26/h3-11H,1-2H3,(H,22,25)(H3,20,23,26). The lowest BCUT2D eigenvalue weighted by Crippen LogP contribution is -2.19. The highest BCUT2D eigenvalue weighted by atomic mass is 16.2. The van der Waals surface area contributed by atoms with Crippen molar-refractivity contribution in [2.75, 3.05) is 10.6 Å². The summed E-state index contributed by atoms with van der Waals surface area (Å²) in [5.74, 6) is -0.238. The third-order valence-electron chi connectivity index (χ3n) is 4.07. The highest BCUT2D eigenvalue weighted by Crippen LogP contribution is 2.18. The van der Waals surface area contributed by atoms with Gasteiger partial charge in [-0.1, -0.05) is 0 Å². The zero-order valence-electron chi connectivity index (χ0n) is 14.5. The van der Waals surface area contributed by atoms with E-state index in [4.69, 9.17) is 5.73 Å². The maximum Gasteiger partial charge on any atom is 0.316 e. The largest absolute Gasteiger partial charge is 0.351 e. The number of urea groups is 1. The maximum atomic E-state index is 12.3. The van der Waals surface area contributed by atoms with Gasteiger partial charge in [-0.15, -0.1) is 0 Å². The van der Waals surface area contributed by atoms with E-state index in [0.717, 1.165) is 17.1 Å².